The molecule has 6 nitrogen and oxygen atoms in total. The molecule has 0 aliphatic carbocycles. The molecule has 0 fully saturated rings. The summed E-state index contributed by atoms with van der Waals surface area (Å²) >= 11 is 3.40. The highest BCUT2D eigenvalue weighted by molar-refractivity contribution is 9.10. The third-order valence-electron chi connectivity index (χ3n) is 5.38. The summed E-state index contributed by atoms with van der Waals surface area (Å²) in [6.07, 6.45) is 21.4. The van der Waals surface area contributed by atoms with Crippen molar-refractivity contribution >= 4 is 49.0 Å². The topological polar surface area (TPSA) is 51.9 Å². The average Bonchev–Trinajstić information content (AvgIpc) is 3.73. The van der Waals surface area contributed by atoms with Gasteiger partial charge in [0, 0.05) is 37.2 Å². The van der Waals surface area contributed by atoms with E-state index in [1.807, 2.05) is 86.4 Å². The zero-order chi connectivity index (χ0) is 30.8. The van der Waals surface area contributed by atoms with Gasteiger partial charge in [0.1, 0.15) is 33.1 Å². The van der Waals surface area contributed by atoms with Crippen LogP contribution in [0.4, 0.5) is 0 Å². The summed E-state index contributed by atoms with van der Waals surface area (Å²) in [5, 5.41) is 0. The van der Waals surface area contributed by atoms with E-state index in [1.54, 1.807) is 18.6 Å². The van der Waals surface area contributed by atoms with Crippen molar-refractivity contribution < 1.29 is 0 Å². The van der Waals surface area contributed by atoms with Gasteiger partial charge in [-0.05, 0) is 52.3 Å². The zero-order valence-electron chi connectivity index (χ0n) is 24.9. The molecule has 0 amide bonds. The monoisotopic (exact) mass is 650 g/mol. The molecule has 0 radical (unpaired) electrons. The van der Waals surface area contributed by atoms with Crippen LogP contribution in [0, 0.1) is 35.8 Å². The number of imidazole rings is 3. The Balaban J connectivity index is 0.000000161. The average molecular weight is 652 g/mol. The lowest BCUT2D eigenvalue weighted by Gasteiger charge is -2.04. The molecule has 0 bridgehead atoms. The highest BCUT2D eigenvalue weighted by Gasteiger charge is 2.08. The van der Waals surface area contributed by atoms with E-state index in [1.165, 1.54) is 0 Å². The minimum Gasteiger partial charge on any atom is -0.294 e. The number of pyridine rings is 3. The molecule has 9 heteroatoms. The molecule has 6 aromatic rings. The standard InChI is InChI=1S/C12H14N2Si.C9H6N2.C7H5BrN2.C5H10Si/c1-15(2,3)10-7-11-5-4-6-12-13-8-9-14(11)12;1-2-8-4-3-5-9-10-6-7-11(8)9;8-6-2-1-3-7-9-4-5-10(6)7;1-5-6(2,3)4/h4-6,8-9H,1-3H3;1,3-7H;1-5H;1H,2-4H3. The minimum absolute atomic E-state index is 0.833. The van der Waals surface area contributed by atoms with Crippen LogP contribution in [0.2, 0.25) is 39.3 Å². The van der Waals surface area contributed by atoms with Crippen LogP contribution in [-0.4, -0.2) is 44.3 Å². The molecular formula is C33H35BrN6Si2. The first-order valence-electron chi connectivity index (χ1n) is 13.3. The van der Waals surface area contributed by atoms with Crippen molar-refractivity contribution in [2.24, 2.45) is 0 Å². The summed E-state index contributed by atoms with van der Waals surface area (Å²) in [6.45, 7) is 13.2. The Hall–Kier alpha value is -4.34. The second-order valence-corrected chi connectivity index (χ2v) is 21.5. The Morgan fingerprint density at radius 3 is 1.50 bits per heavy atom. The van der Waals surface area contributed by atoms with Gasteiger partial charge in [-0.1, -0.05) is 69.3 Å². The summed E-state index contributed by atoms with van der Waals surface area (Å²) in [4.78, 5) is 12.4. The normalized spacial score (nSPS) is 10.5. The van der Waals surface area contributed by atoms with Gasteiger partial charge in [-0.25, -0.2) is 15.0 Å². The first kappa shape index (κ1) is 32.2. The Kier molecular flexibility index (Phi) is 11.1. The smallest absolute Gasteiger partial charge is 0.137 e. The van der Waals surface area contributed by atoms with Gasteiger partial charge in [-0.2, -0.15) is 0 Å². The third kappa shape index (κ3) is 9.64. The summed E-state index contributed by atoms with van der Waals surface area (Å²) in [5.41, 5.74) is 10.8. The van der Waals surface area contributed by atoms with Crippen molar-refractivity contribution in [2.75, 3.05) is 0 Å². The van der Waals surface area contributed by atoms with E-state index in [0.29, 0.717) is 0 Å². The van der Waals surface area contributed by atoms with Crippen LogP contribution >= 0.6 is 15.9 Å². The van der Waals surface area contributed by atoms with Crippen molar-refractivity contribution in [1.82, 2.24) is 28.2 Å². The lowest BCUT2D eigenvalue weighted by Crippen LogP contribution is -2.16. The van der Waals surface area contributed by atoms with Crippen molar-refractivity contribution in [1.29, 1.82) is 0 Å². The molecule has 212 valence electrons. The van der Waals surface area contributed by atoms with E-state index in [9.17, 15) is 0 Å². The van der Waals surface area contributed by atoms with E-state index >= 15 is 0 Å². The number of nitrogens with zero attached hydrogens (tertiary/aromatic N) is 6. The van der Waals surface area contributed by atoms with Crippen LogP contribution < -0.4 is 0 Å². The second-order valence-electron chi connectivity index (χ2n) is 11.2. The fraction of sp³-hybridized carbons (Fsp3) is 0.182. The Morgan fingerprint density at radius 2 is 1.05 bits per heavy atom. The number of hydrogen-bond acceptors (Lipinski definition) is 3. The molecule has 0 unspecified atom stereocenters. The predicted molar refractivity (Wildman–Crippen MR) is 184 cm³/mol. The second kappa shape index (κ2) is 14.5. The van der Waals surface area contributed by atoms with Crippen molar-refractivity contribution in [3.05, 3.63) is 108 Å². The molecule has 6 heterocycles. The number of halogens is 1. The molecule has 0 aromatic carbocycles. The first-order chi connectivity index (χ1) is 19.9. The molecule has 42 heavy (non-hydrogen) atoms. The molecular weight excluding hydrogens is 616 g/mol. The van der Waals surface area contributed by atoms with E-state index < -0.39 is 16.1 Å². The SMILES string of the molecule is Brc1cccc2nccn12.C#C[Si](C)(C)C.C#Cc1cccc2nccn12.C[Si](C)(C)C#Cc1cccc2nccn12. The number of fused-ring (bicyclic) bond motifs is 3. The highest BCUT2D eigenvalue weighted by Crippen LogP contribution is 2.11. The van der Waals surface area contributed by atoms with E-state index in [2.05, 4.69) is 93.1 Å². The Labute approximate surface area is 259 Å². The van der Waals surface area contributed by atoms with Crippen LogP contribution in [0.25, 0.3) is 16.9 Å². The Morgan fingerprint density at radius 1 is 0.619 bits per heavy atom. The van der Waals surface area contributed by atoms with Gasteiger partial charge in [0.15, 0.2) is 0 Å². The van der Waals surface area contributed by atoms with Crippen LogP contribution in [-0.2, 0) is 0 Å². The van der Waals surface area contributed by atoms with Crippen LogP contribution in [0.1, 0.15) is 11.4 Å². The van der Waals surface area contributed by atoms with Gasteiger partial charge in [0.25, 0.3) is 0 Å². The quantitative estimate of drug-likeness (QED) is 0.0973. The maximum Gasteiger partial charge on any atom is 0.137 e. The number of rotatable bonds is 0. The van der Waals surface area contributed by atoms with E-state index in [4.69, 9.17) is 12.8 Å². The summed E-state index contributed by atoms with van der Waals surface area (Å²) in [5.74, 6) is 5.83. The fourth-order valence-corrected chi connectivity index (χ4v) is 4.23. The first-order valence-corrected chi connectivity index (χ1v) is 21.1. The van der Waals surface area contributed by atoms with Gasteiger partial charge >= 0.3 is 0 Å². The lowest BCUT2D eigenvalue weighted by atomic mass is 10.3. The van der Waals surface area contributed by atoms with Crippen molar-refractivity contribution in [3.8, 4) is 35.8 Å². The molecule has 6 aromatic heterocycles. The zero-order valence-corrected chi connectivity index (χ0v) is 28.5. The van der Waals surface area contributed by atoms with Gasteiger partial charge < -0.3 is 0 Å². The van der Waals surface area contributed by atoms with Crippen LogP contribution in [0.15, 0.2) is 96.4 Å². The van der Waals surface area contributed by atoms with Crippen LogP contribution in [0.3, 0.4) is 0 Å². The van der Waals surface area contributed by atoms with Gasteiger partial charge in [0.2, 0.25) is 0 Å². The minimum atomic E-state index is -1.30. The summed E-state index contributed by atoms with van der Waals surface area (Å²) in [6, 6.07) is 17.6. The molecule has 0 aliphatic heterocycles. The van der Waals surface area contributed by atoms with Gasteiger partial charge in [-0.15, -0.1) is 23.9 Å². The van der Waals surface area contributed by atoms with Crippen LogP contribution in [0.5, 0.6) is 0 Å². The number of hydrogen-bond donors (Lipinski definition) is 0. The maximum atomic E-state index is 5.28. The number of aromatic nitrogens is 6. The maximum absolute atomic E-state index is 5.28. The molecule has 0 spiro atoms. The summed E-state index contributed by atoms with van der Waals surface area (Å²) in [7, 11) is -2.41. The molecule has 6 rings (SSSR count). The van der Waals surface area contributed by atoms with Gasteiger partial charge in [0.05, 0.1) is 16.0 Å². The molecule has 0 saturated heterocycles. The molecule has 0 N–H and O–H groups in total. The van der Waals surface area contributed by atoms with E-state index in [-0.39, 0.29) is 0 Å². The molecule has 0 atom stereocenters. The Bertz CT molecular complexity index is 1910. The van der Waals surface area contributed by atoms with Gasteiger partial charge in [-0.3, -0.25) is 13.2 Å². The van der Waals surface area contributed by atoms with Crippen molar-refractivity contribution in [2.45, 2.75) is 39.3 Å². The number of terminal acetylenes is 2. The highest BCUT2D eigenvalue weighted by atomic mass is 79.9. The largest absolute Gasteiger partial charge is 0.294 e. The third-order valence-corrected chi connectivity index (χ3v) is 7.77. The van der Waals surface area contributed by atoms with E-state index in [0.717, 1.165) is 32.9 Å². The lowest BCUT2D eigenvalue weighted by molar-refractivity contribution is 1.14. The molecule has 0 saturated carbocycles. The fourth-order valence-electron chi connectivity index (χ4n) is 3.28. The molecule has 0 aliphatic rings. The predicted octanol–water partition coefficient (Wildman–Crippen LogP) is 7.47. The van der Waals surface area contributed by atoms with Crippen molar-refractivity contribution in [3.63, 3.8) is 0 Å². The summed E-state index contributed by atoms with van der Waals surface area (Å²) < 4.78 is 6.90.